The summed E-state index contributed by atoms with van der Waals surface area (Å²) in [6.07, 6.45) is 4.38. The maximum absolute atomic E-state index is 12.8. The van der Waals surface area contributed by atoms with Crippen molar-refractivity contribution in [3.63, 3.8) is 0 Å². The van der Waals surface area contributed by atoms with Gasteiger partial charge in [-0.3, -0.25) is 4.79 Å². The fraction of sp³-hybridized carbons (Fsp3) is 0.545. The van der Waals surface area contributed by atoms with Crippen molar-refractivity contribution in [2.75, 3.05) is 26.3 Å². The fourth-order valence-electron chi connectivity index (χ4n) is 4.08. The number of ether oxygens (including phenoxy) is 2. The first kappa shape index (κ1) is 19.2. The number of benzene rings is 1. The van der Waals surface area contributed by atoms with Crippen LogP contribution < -0.4 is 0 Å². The third-order valence-corrected chi connectivity index (χ3v) is 5.61. The molecule has 0 bridgehead atoms. The molecule has 1 aromatic carbocycles. The van der Waals surface area contributed by atoms with Crippen LogP contribution in [0.1, 0.15) is 37.6 Å². The minimum Gasteiger partial charge on any atom is -0.441 e. The Labute approximate surface area is 165 Å². The van der Waals surface area contributed by atoms with E-state index in [1.54, 1.807) is 6.20 Å². The van der Waals surface area contributed by atoms with Gasteiger partial charge >= 0.3 is 0 Å². The first-order valence-electron chi connectivity index (χ1n) is 10.1. The molecule has 3 heterocycles. The summed E-state index contributed by atoms with van der Waals surface area (Å²) in [6.45, 7) is 6.79. The van der Waals surface area contributed by atoms with E-state index in [4.69, 9.17) is 13.9 Å². The second kappa shape index (κ2) is 8.05. The van der Waals surface area contributed by atoms with E-state index in [-0.39, 0.29) is 17.6 Å². The lowest BCUT2D eigenvalue weighted by Gasteiger charge is -2.47. The summed E-state index contributed by atoms with van der Waals surface area (Å²) in [7, 11) is 0. The molecule has 2 aliphatic rings. The molecule has 2 fully saturated rings. The molecule has 1 aromatic heterocycles. The van der Waals surface area contributed by atoms with Crippen molar-refractivity contribution in [1.29, 1.82) is 0 Å². The van der Waals surface area contributed by atoms with Crippen molar-refractivity contribution in [2.24, 2.45) is 0 Å². The van der Waals surface area contributed by atoms with Crippen molar-refractivity contribution in [3.05, 3.63) is 41.9 Å². The number of oxazole rings is 1. The van der Waals surface area contributed by atoms with E-state index >= 15 is 0 Å². The number of morpholine rings is 1. The van der Waals surface area contributed by atoms with E-state index in [1.807, 2.05) is 36.1 Å². The lowest BCUT2D eigenvalue weighted by molar-refractivity contribution is -0.189. The van der Waals surface area contributed by atoms with Crippen LogP contribution in [0.2, 0.25) is 0 Å². The van der Waals surface area contributed by atoms with Gasteiger partial charge in [0.05, 0.1) is 17.9 Å². The molecule has 150 valence electrons. The average Bonchev–Trinajstić information content (AvgIpc) is 3.15. The smallest absolute Gasteiger partial charge is 0.223 e. The Morgan fingerprint density at radius 3 is 2.75 bits per heavy atom. The van der Waals surface area contributed by atoms with Gasteiger partial charge < -0.3 is 18.8 Å². The van der Waals surface area contributed by atoms with Gasteiger partial charge in [-0.15, -0.1) is 0 Å². The van der Waals surface area contributed by atoms with Crippen LogP contribution in [-0.4, -0.2) is 53.8 Å². The summed E-state index contributed by atoms with van der Waals surface area (Å²) in [6, 6.07) is 8.14. The first-order valence-corrected chi connectivity index (χ1v) is 10.1. The van der Waals surface area contributed by atoms with Crippen molar-refractivity contribution < 1.29 is 18.7 Å². The second-order valence-electron chi connectivity index (χ2n) is 7.98. The number of hydrogen-bond acceptors (Lipinski definition) is 5. The average molecular weight is 384 g/mol. The molecule has 0 N–H and O–H groups in total. The summed E-state index contributed by atoms with van der Waals surface area (Å²) in [4.78, 5) is 19.1. The molecule has 2 saturated heterocycles. The number of carbonyl (C=O) groups excluding carboxylic acids is 1. The second-order valence-corrected chi connectivity index (χ2v) is 7.98. The van der Waals surface area contributed by atoms with E-state index in [2.05, 4.69) is 11.9 Å². The molecule has 6 nitrogen and oxygen atoms in total. The Balaban J connectivity index is 1.35. The quantitative estimate of drug-likeness (QED) is 0.809. The van der Waals surface area contributed by atoms with Gasteiger partial charge in [-0.05, 0) is 13.8 Å². The topological polar surface area (TPSA) is 64.8 Å². The van der Waals surface area contributed by atoms with Crippen LogP contribution in [0.5, 0.6) is 0 Å². The number of aryl methyl sites for hydroxylation is 2. The molecular formula is C22H28N2O4. The summed E-state index contributed by atoms with van der Waals surface area (Å²) >= 11 is 0. The zero-order valence-corrected chi connectivity index (χ0v) is 16.6. The molecular weight excluding hydrogens is 356 g/mol. The minimum atomic E-state index is -0.243. The maximum Gasteiger partial charge on any atom is 0.223 e. The Morgan fingerprint density at radius 2 is 2.00 bits per heavy atom. The summed E-state index contributed by atoms with van der Waals surface area (Å²) < 4.78 is 17.5. The van der Waals surface area contributed by atoms with Crippen LogP contribution in [0.25, 0.3) is 11.3 Å². The number of amides is 1. The van der Waals surface area contributed by atoms with Gasteiger partial charge in [0.25, 0.3) is 0 Å². The molecule has 1 unspecified atom stereocenters. The van der Waals surface area contributed by atoms with Crippen LogP contribution in [0, 0.1) is 6.92 Å². The molecule has 28 heavy (non-hydrogen) atoms. The SMILES string of the molecule is Cc1ccc(-c2cnc(CCC(=O)N3CC(C)OC4(CCOCC4)C3)o2)cc1. The Morgan fingerprint density at radius 1 is 1.25 bits per heavy atom. The van der Waals surface area contributed by atoms with Crippen LogP contribution in [-0.2, 0) is 20.7 Å². The molecule has 6 heteroatoms. The standard InChI is InChI=1S/C22H28N2O4/c1-16-3-5-18(6-4-16)19-13-23-20(27-19)7-8-21(25)24-14-17(2)28-22(15-24)9-11-26-12-10-22/h3-6,13,17H,7-12,14-15H2,1-2H3. The highest BCUT2D eigenvalue weighted by Gasteiger charge is 2.42. The third-order valence-electron chi connectivity index (χ3n) is 5.61. The molecule has 1 atom stereocenters. The van der Waals surface area contributed by atoms with Crippen molar-refractivity contribution in [1.82, 2.24) is 9.88 Å². The van der Waals surface area contributed by atoms with E-state index < -0.39 is 0 Å². The van der Waals surface area contributed by atoms with E-state index in [1.165, 1.54) is 5.56 Å². The molecule has 4 rings (SSSR count). The van der Waals surface area contributed by atoms with Crippen LogP contribution in [0.3, 0.4) is 0 Å². The third kappa shape index (κ3) is 4.28. The molecule has 2 aromatic rings. The fourth-order valence-corrected chi connectivity index (χ4v) is 4.08. The van der Waals surface area contributed by atoms with Crippen LogP contribution in [0.15, 0.2) is 34.9 Å². The summed E-state index contributed by atoms with van der Waals surface area (Å²) in [5.41, 5.74) is 1.96. The minimum absolute atomic E-state index is 0.0469. The zero-order chi connectivity index (χ0) is 19.6. The highest BCUT2D eigenvalue weighted by Crippen LogP contribution is 2.32. The van der Waals surface area contributed by atoms with Gasteiger partial charge in [0.2, 0.25) is 5.91 Å². The van der Waals surface area contributed by atoms with Crippen LogP contribution >= 0.6 is 0 Å². The van der Waals surface area contributed by atoms with Gasteiger partial charge in [-0.25, -0.2) is 4.98 Å². The predicted molar refractivity (Wildman–Crippen MR) is 105 cm³/mol. The Hall–Kier alpha value is -2.18. The zero-order valence-electron chi connectivity index (χ0n) is 16.6. The van der Waals surface area contributed by atoms with Gasteiger partial charge in [0.15, 0.2) is 11.7 Å². The van der Waals surface area contributed by atoms with Gasteiger partial charge in [0.1, 0.15) is 0 Å². The molecule has 0 radical (unpaired) electrons. The Bertz CT molecular complexity index is 808. The summed E-state index contributed by atoms with van der Waals surface area (Å²) in [5.74, 6) is 1.48. The van der Waals surface area contributed by atoms with Crippen molar-refractivity contribution in [2.45, 2.75) is 51.2 Å². The highest BCUT2D eigenvalue weighted by molar-refractivity contribution is 5.76. The summed E-state index contributed by atoms with van der Waals surface area (Å²) in [5, 5.41) is 0. The molecule has 2 aliphatic heterocycles. The molecule has 1 amide bonds. The van der Waals surface area contributed by atoms with Crippen molar-refractivity contribution in [3.8, 4) is 11.3 Å². The number of nitrogens with zero attached hydrogens (tertiary/aromatic N) is 2. The van der Waals surface area contributed by atoms with Gasteiger partial charge in [0, 0.05) is 57.6 Å². The highest BCUT2D eigenvalue weighted by atomic mass is 16.5. The number of rotatable bonds is 4. The maximum atomic E-state index is 12.8. The molecule has 0 aliphatic carbocycles. The molecule has 0 saturated carbocycles. The normalized spacial score (nSPS) is 21.8. The molecule has 1 spiro atoms. The van der Waals surface area contributed by atoms with E-state index in [9.17, 15) is 4.79 Å². The van der Waals surface area contributed by atoms with Crippen LogP contribution in [0.4, 0.5) is 0 Å². The van der Waals surface area contributed by atoms with E-state index in [0.29, 0.717) is 45.0 Å². The van der Waals surface area contributed by atoms with Crippen molar-refractivity contribution >= 4 is 5.91 Å². The monoisotopic (exact) mass is 384 g/mol. The van der Waals surface area contributed by atoms with Gasteiger partial charge in [-0.1, -0.05) is 29.8 Å². The first-order chi connectivity index (χ1) is 13.5. The Kier molecular flexibility index (Phi) is 5.51. The number of hydrogen-bond donors (Lipinski definition) is 0. The lowest BCUT2D eigenvalue weighted by Crippen LogP contribution is -2.58. The van der Waals surface area contributed by atoms with Gasteiger partial charge in [-0.2, -0.15) is 0 Å². The number of aromatic nitrogens is 1. The predicted octanol–water partition coefficient (Wildman–Crippen LogP) is 3.38. The van der Waals surface area contributed by atoms with E-state index in [0.717, 1.165) is 24.2 Å². The largest absolute Gasteiger partial charge is 0.441 e. The lowest BCUT2D eigenvalue weighted by atomic mass is 9.91. The number of carbonyl (C=O) groups is 1.